The van der Waals surface area contributed by atoms with Gasteiger partial charge in [-0.3, -0.25) is 19.2 Å². The molecule has 0 bridgehead atoms. The van der Waals surface area contributed by atoms with Crippen molar-refractivity contribution in [1.82, 2.24) is 0 Å². The van der Waals surface area contributed by atoms with Gasteiger partial charge in [-0.1, -0.05) is 0 Å². The normalized spacial score (nSPS) is 10.8. The Balaban J connectivity index is -0.000000448. The first-order valence-electron chi connectivity index (χ1n) is 9.52. The van der Waals surface area contributed by atoms with Crippen molar-refractivity contribution in [3.8, 4) is 0 Å². The molecule has 204 valence electrons. The third kappa shape index (κ3) is 18.7. The minimum absolute atomic E-state index is 0.0104. The number of hydrogen-bond acceptors (Lipinski definition) is 11. The van der Waals surface area contributed by atoms with E-state index in [1.807, 2.05) is 0 Å². The highest BCUT2D eigenvalue weighted by Crippen LogP contribution is 2.16. The van der Waals surface area contributed by atoms with Gasteiger partial charge in [-0.25, -0.2) is 9.59 Å². The van der Waals surface area contributed by atoms with Crippen molar-refractivity contribution in [3.05, 3.63) is 0 Å². The zero-order valence-electron chi connectivity index (χ0n) is 18.3. The maximum absolute atomic E-state index is 10.3. The second kappa shape index (κ2) is 18.0. The van der Waals surface area contributed by atoms with Crippen LogP contribution in [0.15, 0.2) is 0 Å². The number of carboxylic acid groups (broad SMARTS) is 6. The molecule has 0 radical (unpaired) electrons. The molecule has 0 aromatic carbocycles. The van der Waals surface area contributed by atoms with Gasteiger partial charge in [-0.15, -0.1) is 0 Å². The van der Waals surface area contributed by atoms with Crippen molar-refractivity contribution in [2.75, 3.05) is 19.8 Å². The average Bonchev–Trinajstić information content (AvgIpc) is 2.67. The summed E-state index contributed by atoms with van der Waals surface area (Å²) >= 11 is 0. The van der Waals surface area contributed by atoms with Crippen LogP contribution in [0, 0.1) is 5.92 Å². The predicted molar refractivity (Wildman–Crippen MR) is 108 cm³/mol. The largest absolute Gasteiger partial charge is 0.481 e. The van der Waals surface area contributed by atoms with Crippen molar-refractivity contribution in [2.24, 2.45) is 5.92 Å². The highest BCUT2D eigenvalue weighted by molar-refractivity contribution is 5.88. The van der Waals surface area contributed by atoms with Crippen LogP contribution in [0.25, 0.3) is 0 Å². The summed E-state index contributed by atoms with van der Waals surface area (Å²) in [6, 6.07) is 0. The standard InChI is InChI=1S/2C6H8O7.C6H14O3/c2*7-3(8)1-6(13,5(11)12)2-4(9)10;7-3-1-2-6(4-8)5-9/h2*13H,1-2H2,(H,7,8)(H,9,10)(H,11,12);6-9H,1-5H2. The zero-order valence-corrected chi connectivity index (χ0v) is 18.3. The van der Waals surface area contributed by atoms with Crippen LogP contribution in [-0.2, 0) is 28.8 Å². The molecular weight excluding hydrogens is 488 g/mol. The molecule has 0 unspecified atom stereocenters. The molecule has 0 rings (SSSR count). The number of hydrogen-bond donors (Lipinski definition) is 11. The molecule has 0 atom stereocenters. The summed E-state index contributed by atoms with van der Waals surface area (Å²) in [5, 5.41) is 93.0. The Bertz CT molecular complexity index is 628. The van der Waals surface area contributed by atoms with Gasteiger partial charge in [0.25, 0.3) is 0 Å². The van der Waals surface area contributed by atoms with Gasteiger partial charge in [-0.05, 0) is 12.8 Å². The number of carboxylic acids is 6. The van der Waals surface area contributed by atoms with Gasteiger partial charge < -0.3 is 56.2 Å². The lowest BCUT2D eigenvalue weighted by atomic mass is 9.96. The molecule has 0 aromatic rings. The molecule has 0 saturated heterocycles. The van der Waals surface area contributed by atoms with Gasteiger partial charge in [-0.2, -0.15) is 0 Å². The molecule has 0 fully saturated rings. The van der Waals surface area contributed by atoms with E-state index in [-0.39, 0.29) is 25.7 Å². The number of aliphatic hydroxyl groups excluding tert-OH is 3. The van der Waals surface area contributed by atoms with E-state index in [9.17, 15) is 28.8 Å². The van der Waals surface area contributed by atoms with E-state index in [4.69, 9.17) is 56.2 Å². The van der Waals surface area contributed by atoms with Crippen LogP contribution in [0.2, 0.25) is 0 Å². The van der Waals surface area contributed by atoms with Crippen LogP contribution in [0.3, 0.4) is 0 Å². The molecule has 11 N–H and O–H groups in total. The SMILES string of the molecule is O=C(O)CC(O)(CC(=O)O)C(=O)O.O=C(O)CC(O)(CC(=O)O)C(=O)O.OCCCC(CO)CO. The zero-order chi connectivity index (χ0) is 28.4. The fraction of sp³-hybridized carbons (Fsp3) is 0.667. The Labute approximate surface area is 197 Å². The van der Waals surface area contributed by atoms with Crippen LogP contribution < -0.4 is 0 Å². The Kier molecular flexibility index (Phi) is 18.6. The summed E-state index contributed by atoms with van der Waals surface area (Å²) in [5.41, 5.74) is -5.48. The fourth-order valence-corrected chi connectivity index (χ4v) is 2.05. The number of carbonyl (C=O) groups is 6. The first-order valence-corrected chi connectivity index (χ1v) is 9.52. The van der Waals surface area contributed by atoms with Crippen molar-refractivity contribution >= 4 is 35.8 Å². The van der Waals surface area contributed by atoms with Gasteiger partial charge in [0.1, 0.15) is 0 Å². The lowest BCUT2D eigenvalue weighted by Crippen LogP contribution is -2.42. The van der Waals surface area contributed by atoms with Crippen LogP contribution in [0.5, 0.6) is 0 Å². The van der Waals surface area contributed by atoms with Crippen LogP contribution in [0.4, 0.5) is 0 Å². The minimum Gasteiger partial charge on any atom is -0.481 e. The topological polar surface area (TPSA) is 325 Å². The molecule has 0 saturated carbocycles. The third-order valence-electron chi connectivity index (χ3n) is 3.86. The highest BCUT2D eigenvalue weighted by atomic mass is 16.4. The van der Waals surface area contributed by atoms with Crippen LogP contribution in [0.1, 0.15) is 38.5 Å². The fourth-order valence-electron chi connectivity index (χ4n) is 2.05. The lowest BCUT2D eigenvalue weighted by molar-refractivity contribution is -0.170. The molecular formula is C18H30O17. The Morgan fingerprint density at radius 1 is 0.543 bits per heavy atom. The lowest BCUT2D eigenvalue weighted by Gasteiger charge is -2.18. The molecule has 17 nitrogen and oxygen atoms in total. The molecule has 0 aliphatic carbocycles. The molecule has 0 heterocycles. The summed E-state index contributed by atoms with van der Waals surface area (Å²) in [6.07, 6.45) is -3.22. The molecule has 0 amide bonds. The van der Waals surface area contributed by atoms with E-state index >= 15 is 0 Å². The van der Waals surface area contributed by atoms with E-state index in [0.29, 0.717) is 12.8 Å². The average molecular weight is 518 g/mol. The first-order chi connectivity index (χ1) is 15.9. The summed E-state index contributed by atoms with van der Waals surface area (Å²) < 4.78 is 0. The summed E-state index contributed by atoms with van der Waals surface area (Å²) in [6.45, 7) is 0.156. The second-order valence-electron chi connectivity index (χ2n) is 7.05. The Morgan fingerprint density at radius 2 is 0.800 bits per heavy atom. The maximum Gasteiger partial charge on any atom is 0.336 e. The van der Waals surface area contributed by atoms with Gasteiger partial charge in [0.15, 0.2) is 11.2 Å². The summed E-state index contributed by atoms with van der Waals surface area (Å²) in [4.78, 5) is 61.0. The van der Waals surface area contributed by atoms with E-state index in [2.05, 4.69) is 0 Å². The molecule has 0 aliphatic rings. The third-order valence-corrected chi connectivity index (χ3v) is 3.86. The van der Waals surface area contributed by atoms with Gasteiger partial charge >= 0.3 is 35.8 Å². The maximum atomic E-state index is 10.3. The van der Waals surface area contributed by atoms with Gasteiger partial charge in [0, 0.05) is 25.7 Å². The van der Waals surface area contributed by atoms with Crippen molar-refractivity contribution in [1.29, 1.82) is 0 Å². The van der Waals surface area contributed by atoms with E-state index in [1.165, 1.54) is 0 Å². The van der Waals surface area contributed by atoms with Crippen molar-refractivity contribution < 1.29 is 84.9 Å². The summed E-state index contributed by atoms with van der Waals surface area (Å²) in [7, 11) is 0. The van der Waals surface area contributed by atoms with E-state index in [1.54, 1.807) is 0 Å². The Morgan fingerprint density at radius 3 is 0.943 bits per heavy atom. The van der Waals surface area contributed by atoms with Crippen LogP contribution >= 0.6 is 0 Å². The summed E-state index contributed by atoms with van der Waals surface area (Å²) in [5.74, 6) is -10.1. The number of aliphatic hydroxyl groups is 5. The van der Waals surface area contributed by atoms with Crippen molar-refractivity contribution in [2.45, 2.75) is 49.7 Å². The van der Waals surface area contributed by atoms with Crippen molar-refractivity contribution in [3.63, 3.8) is 0 Å². The molecule has 0 aromatic heterocycles. The monoisotopic (exact) mass is 518 g/mol. The number of aliphatic carboxylic acids is 6. The quantitative estimate of drug-likeness (QED) is 0.102. The smallest absolute Gasteiger partial charge is 0.336 e. The second-order valence-corrected chi connectivity index (χ2v) is 7.05. The van der Waals surface area contributed by atoms with E-state index in [0.717, 1.165) is 0 Å². The van der Waals surface area contributed by atoms with Gasteiger partial charge in [0.05, 0.1) is 25.7 Å². The predicted octanol–water partition coefficient (Wildman–Crippen LogP) is -3.14. The molecule has 17 heteroatoms. The minimum atomic E-state index is -2.74. The molecule has 35 heavy (non-hydrogen) atoms. The highest BCUT2D eigenvalue weighted by Gasteiger charge is 2.41. The van der Waals surface area contributed by atoms with Crippen LogP contribution in [-0.4, -0.2) is 123 Å². The van der Waals surface area contributed by atoms with E-state index < -0.39 is 72.7 Å². The Hall–Kier alpha value is -3.38. The first kappa shape index (κ1) is 36.2. The van der Waals surface area contributed by atoms with Gasteiger partial charge in [0.2, 0.25) is 0 Å². The molecule has 0 aliphatic heterocycles. The molecule has 0 spiro atoms. The number of rotatable bonds is 15.